The summed E-state index contributed by atoms with van der Waals surface area (Å²) in [5.74, 6) is -3.68. The monoisotopic (exact) mass is 1020 g/mol. The van der Waals surface area contributed by atoms with Crippen molar-refractivity contribution < 1.29 is 43.2 Å². The number of carbonyl (C=O) groups excluding carboxylic acids is 3. The topological polar surface area (TPSA) is 198 Å². The molecule has 0 aliphatic carbocycles. The summed E-state index contributed by atoms with van der Waals surface area (Å²) in [6.45, 7) is 15.1. The van der Waals surface area contributed by atoms with Gasteiger partial charge in [0.2, 0.25) is 0 Å². The van der Waals surface area contributed by atoms with Crippen LogP contribution in [0.1, 0.15) is 85.4 Å². The van der Waals surface area contributed by atoms with Crippen molar-refractivity contribution in [2.24, 2.45) is 28.7 Å². The lowest BCUT2D eigenvalue weighted by Gasteiger charge is -2.47. The van der Waals surface area contributed by atoms with Crippen molar-refractivity contribution in [1.29, 1.82) is 0 Å². The maximum atomic E-state index is 14.4. The molecule has 3 aromatic rings. The van der Waals surface area contributed by atoms with Crippen LogP contribution < -0.4 is 0 Å². The predicted octanol–water partition coefficient (Wildman–Crippen LogP) is 4.87. The number of carbonyl (C=O) groups is 3. The van der Waals surface area contributed by atoms with Gasteiger partial charge in [-0.1, -0.05) is 43.3 Å². The Hall–Kier alpha value is -3.89. The number of aryl methyl sites for hydroxylation is 2. The fraction of sp³-hybridized carbons (Fsp3) is 0.696. The number of esters is 1. The first-order valence-electron chi connectivity index (χ1n) is 22.9. The summed E-state index contributed by atoms with van der Waals surface area (Å²) in [6.07, 6.45) is 6.01. The van der Waals surface area contributed by atoms with E-state index in [1.54, 1.807) is 36.7 Å². The van der Waals surface area contributed by atoms with E-state index in [1.165, 1.54) is 12.5 Å². The van der Waals surface area contributed by atoms with Crippen LogP contribution in [0, 0.1) is 23.7 Å². The number of halogens is 1. The van der Waals surface area contributed by atoms with Gasteiger partial charge < -0.3 is 33.7 Å². The van der Waals surface area contributed by atoms with Crippen molar-refractivity contribution >= 4 is 46.1 Å². The molecule has 2 aromatic heterocycles. The van der Waals surface area contributed by atoms with E-state index in [-0.39, 0.29) is 24.0 Å². The Bertz CT molecular complexity index is 2140. The molecule has 7 rings (SSSR count). The number of unbranched alkanes of at least 4 members (excludes halogenated alkanes) is 1. The van der Waals surface area contributed by atoms with E-state index in [2.05, 4.69) is 56.7 Å². The van der Waals surface area contributed by atoms with Crippen LogP contribution in [-0.2, 0) is 52.7 Å². The fourth-order valence-corrected chi connectivity index (χ4v) is 11.2. The lowest BCUT2D eigenvalue weighted by atomic mass is 9.74. The number of likely N-dealkylation sites (N-methyl/N-ethyl adjacent to an activating group) is 1. The Morgan fingerprint density at radius 2 is 1.77 bits per heavy atom. The number of rotatable bonds is 13. The van der Waals surface area contributed by atoms with Gasteiger partial charge in [0.05, 0.1) is 54.2 Å². The third kappa shape index (κ3) is 10.5. The van der Waals surface area contributed by atoms with E-state index in [1.807, 2.05) is 67.5 Å². The zero-order valence-electron chi connectivity index (χ0n) is 39.1. The summed E-state index contributed by atoms with van der Waals surface area (Å²) in [5, 5.41) is 28.8. The Balaban J connectivity index is 1.01. The van der Waals surface area contributed by atoms with E-state index in [4.69, 9.17) is 28.7 Å². The smallest absolute Gasteiger partial charge is 0.411 e. The van der Waals surface area contributed by atoms with Gasteiger partial charge in [0, 0.05) is 63.0 Å². The van der Waals surface area contributed by atoms with Crippen molar-refractivity contribution in [3.63, 3.8) is 0 Å². The summed E-state index contributed by atoms with van der Waals surface area (Å²) < 4.78 is 34.3. The molecule has 19 heteroatoms. The molecule has 2 bridgehead atoms. The number of methoxy groups -OCH3 is 1. The minimum atomic E-state index is -1.20. The number of ketones is 1. The second kappa shape index (κ2) is 20.5. The highest BCUT2D eigenvalue weighted by Crippen LogP contribution is 2.44. The van der Waals surface area contributed by atoms with Gasteiger partial charge in [0.1, 0.15) is 12.0 Å². The lowest BCUT2D eigenvalue weighted by Crippen LogP contribution is -2.60. The van der Waals surface area contributed by atoms with E-state index < -0.39 is 69.5 Å². The van der Waals surface area contributed by atoms with Gasteiger partial charge in [-0.2, -0.15) is 0 Å². The average molecular weight is 1020 g/mol. The maximum Gasteiger partial charge on any atom is 0.411 e. The first-order valence-corrected chi connectivity index (χ1v) is 24.2. The second-order valence-corrected chi connectivity index (χ2v) is 20.0. The lowest BCUT2D eigenvalue weighted by molar-refractivity contribution is -0.295. The molecule has 1 N–H and O–H groups in total. The molecule has 4 aliphatic rings. The first kappa shape index (κ1) is 49.0. The molecule has 356 valence electrons. The number of aromatic nitrogens is 6. The minimum Gasteiger partial charge on any atom is -0.447 e. The van der Waals surface area contributed by atoms with Crippen LogP contribution in [-0.4, -0.2) is 154 Å². The van der Waals surface area contributed by atoms with Gasteiger partial charge in [0.15, 0.2) is 21.8 Å². The van der Waals surface area contributed by atoms with E-state index in [0.29, 0.717) is 38.9 Å². The highest BCUT2D eigenvalue weighted by Gasteiger charge is 2.60. The number of fused-ring (bicyclic) bond motifs is 1. The van der Waals surface area contributed by atoms with Crippen molar-refractivity contribution in [3.05, 3.63) is 54.1 Å². The van der Waals surface area contributed by atoms with E-state index >= 15 is 0 Å². The SMILES string of the molecule is CO[C@]1(C)C[C@@H](C)C2=NCCN3C(=O)O[C@@](C)([C@@H]3[C@H]2C)[C@@H](I)OC(=O)[C@H](C)C(=O)[C@H](C)[C@H]1O[C@@H]1O[C@H](C)C[C@H](N(C)CCc2cn(CCCCc3ccc(-n4ccnn4)cc3)nn2)[C@H]1O. The summed E-state index contributed by atoms with van der Waals surface area (Å²) in [7, 11) is 3.55. The van der Waals surface area contributed by atoms with Gasteiger partial charge in [-0.25, -0.2) is 9.48 Å². The number of benzene rings is 1. The molecule has 1 aromatic carbocycles. The van der Waals surface area contributed by atoms with Crippen molar-refractivity contribution in [1.82, 2.24) is 39.8 Å². The highest BCUT2D eigenvalue weighted by molar-refractivity contribution is 14.1. The maximum absolute atomic E-state index is 14.4. The number of nitrogens with zero attached hydrogens (tertiary/aromatic N) is 9. The number of aliphatic hydroxyl groups is 1. The Morgan fingerprint density at radius 1 is 1.02 bits per heavy atom. The second-order valence-electron chi connectivity index (χ2n) is 18.9. The summed E-state index contributed by atoms with van der Waals surface area (Å²) in [5.41, 5.74) is 1.64. The number of alkyl halides is 1. The zero-order chi connectivity index (χ0) is 46.8. The molecular formula is C46H66IN9O9. The molecule has 6 heterocycles. The number of cyclic esters (lactones) is 1. The molecular weight excluding hydrogens is 949 g/mol. The summed E-state index contributed by atoms with van der Waals surface area (Å²) in [4.78, 5) is 50.3. The molecule has 65 heavy (non-hydrogen) atoms. The fourth-order valence-electron chi connectivity index (χ4n) is 10.4. The molecule has 3 fully saturated rings. The normalized spacial score (nSPS) is 34.8. The molecule has 1 amide bonds. The number of hydrogen-bond acceptors (Lipinski definition) is 15. The summed E-state index contributed by atoms with van der Waals surface area (Å²) in [6, 6.07) is 7.53. The molecule has 3 saturated heterocycles. The van der Waals surface area contributed by atoms with Gasteiger partial charge in [-0.05, 0) is 113 Å². The van der Waals surface area contributed by atoms with Crippen molar-refractivity contribution in [2.45, 2.75) is 146 Å². The van der Waals surface area contributed by atoms with Gasteiger partial charge in [-0.3, -0.25) is 24.2 Å². The van der Waals surface area contributed by atoms with Crippen LogP contribution in [0.4, 0.5) is 4.79 Å². The standard InChI is InChI=1S/C46H66IN9O9/c1-27-25-45(6,61-9)40(30(4)37(57)31(5)41(59)64-43(47)46(7)39-29(3)36(27)48-18-22-55(39)44(60)65-46)63-42-38(58)35(24-28(2)62-42)53(8)21-17-33-26-54(52-50-33)20-11-10-12-32-13-15-34(16-14-32)56-23-19-49-51-56/h13-16,19,23,26-31,35,38-40,42-43,58H,10-12,17-18,20-22,24-25H2,1-9H3/t27-,28-,29+,30+,31-,35+,38-,39+,40-,42+,43+,45-,46+/m1/s1. The number of amides is 1. The van der Waals surface area contributed by atoms with Crippen LogP contribution in [0.25, 0.3) is 5.69 Å². The Morgan fingerprint density at radius 3 is 2.48 bits per heavy atom. The van der Waals surface area contributed by atoms with Crippen LogP contribution in [0.5, 0.6) is 0 Å². The van der Waals surface area contributed by atoms with Gasteiger partial charge >= 0.3 is 12.1 Å². The summed E-state index contributed by atoms with van der Waals surface area (Å²) >= 11 is 2.00. The average Bonchev–Trinajstić information content (AvgIpc) is 4.02. The van der Waals surface area contributed by atoms with E-state index in [9.17, 15) is 19.5 Å². The molecule has 0 saturated carbocycles. The molecule has 0 radical (unpaired) electrons. The minimum absolute atomic E-state index is 0.193. The van der Waals surface area contributed by atoms with Gasteiger partial charge in [-0.15, -0.1) is 10.2 Å². The highest BCUT2D eigenvalue weighted by atomic mass is 127. The largest absolute Gasteiger partial charge is 0.447 e. The van der Waals surface area contributed by atoms with E-state index in [0.717, 1.165) is 42.9 Å². The predicted molar refractivity (Wildman–Crippen MR) is 248 cm³/mol. The first-order chi connectivity index (χ1) is 30.9. The third-order valence-corrected chi connectivity index (χ3v) is 15.7. The number of ether oxygens (including phenoxy) is 5. The molecule has 4 aliphatic heterocycles. The van der Waals surface area contributed by atoms with Crippen LogP contribution in [0.15, 0.2) is 47.8 Å². The Kier molecular flexibility index (Phi) is 15.5. The number of aliphatic hydroxyl groups excluding tert-OH is 1. The molecule has 0 unspecified atom stereocenters. The van der Waals surface area contributed by atoms with Crippen LogP contribution in [0.2, 0.25) is 0 Å². The Labute approximate surface area is 395 Å². The van der Waals surface area contributed by atoms with Crippen molar-refractivity contribution in [2.75, 3.05) is 33.8 Å². The van der Waals surface area contributed by atoms with Crippen molar-refractivity contribution in [3.8, 4) is 5.69 Å². The number of hydrogen-bond donors (Lipinski definition) is 1. The zero-order valence-corrected chi connectivity index (χ0v) is 41.2. The van der Waals surface area contributed by atoms with Crippen LogP contribution >= 0.6 is 22.6 Å². The quantitative estimate of drug-likeness (QED) is 0.0801. The van der Waals surface area contributed by atoms with Gasteiger partial charge in [0.25, 0.3) is 0 Å². The number of aliphatic imine (C=N–C) groups is 1. The third-order valence-electron chi connectivity index (χ3n) is 14.2. The van der Waals surface area contributed by atoms with Crippen LogP contribution in [0.3, 0.4) is 0 Å². The number of Topliss-reactive ketones (excluding diaryl/α,β-unsaturated/α-hetero) is 1. The molecule has 18 nitrogen and oxygen atoms in total. The molecule has 0 spiro atoms. The molecule has 13 atom stereocenters.